The van der Waals surface area contributed by atoms with Crippen molar-refractivity contribution in [1.82, 2.24) is 5.32 Å². The van der Waals surface area contributed by atoms with E-state index in [2.05, 4.69) is 12.2 Å². The lowest BCUT2D eigenvalue weighted by atomic mass is 10.00. The predicted molar refractivity (Wildman–Crippen MR) is 68.7 cm³/mol. The fourth-order valence-electron chi connectivity index (χ4n) is 2.49. The quantitative estimate of drug-likeness (QED) is 0.685. The van der Waals surface area contributed by atoms with E-state index in [-0.39, 0.29) is 5.91 Å². The minimum atomic E-state index is 0.271. The van der Waals surface area contributed by atoms with Gasteiger partial charge in [0.2, 0.25) is 5.91 Å². The van der Waals surface area contributed by atoms with E-state index in [4.69, 9.17) is 11.6 Å². The fraction of sp³-hybridized carbons (Fsp3) is 0.923. The number of hydrogen-bond donors (Lipinski definition) is 1. The molecule has 0 saturated heterocycles. The van der Waals surface area contributed by atoms with Crippen LogP contribution in [0.15, 0.2) is 0 Å². The van der Waals surface area contributed by atoms with Crippen LogP contribution >= 0.6 is 11.6 Å². The Morgan fingerprint density at radius 1 is 1.38 bits per heavy atom. The Morgan fingerprint density at radius 3 is 2.62 bits per heavy atom. The zero-order valence-corrected chi connectivity index (χ0v) is 11.1. The van der Waals surface area contributed by atoms with E-state index in [0.29, 0.717) is 17.7 Å². The largest absolute Gasteiger partial charge is 0.356 e. The molecule has 1 unspecified atom stereocenters. The van der Waals surface area contributed by atoms with Crippen LogP contribution in [0.2, 0.25) is 0 Å². The second-order valence-corrected chi connectivity index (χ2v) is 5.24. The van der Waals surface area contributed by atoms with Crippen molar-refractivity contribution in [2.75, 3.05) is 12.4 Å². The van der Waals surface area contributed by atoms with Crippen molar-refractivity contribution in [2.45, 2.75) is 51.9 Å². The van der Waals surface area contributed by atoms with Crippen LogP contribution in [0.4, 0.5) is 0 Å². The van der Waals surface area contributed by atoms with E-state index >= 15 is 0 Å². The highest BCUT2D eigenvalue weighted by Crippen LogP contribution is 2.24. The van der Waals surface area contributed by atoms with E-state index in [9.17, 15) is 4.79 Å². The first-order valence-electron chi connectivity index (χ1n) is 6.61. The highest BCUT2D eigenvalue weighted by Gasteiger charge is 2.22. The van der Waals surface area contributed by atoms with Crippen molar-refractivity contribution >= 4 is 17.5 Å². The minimum Gasteiger partial charge on any atom is -0.356 e. The summed E-state index contributed by atoms with van der Waals surface area (Å²) in [6, 6.07) is 0. The number of carbonyl (C=O) groups is 1. The first kappa shape index (κ1) is 13.8. The predicted octanol–water partition coefficient (Wildman–Crippen LogP) is 3.34. The fourth-order valence-corrected chi connectivity index (χ4v) is 2.80. The smallest absolute Gasteiger partial charge is 0.223 e. The van der Waals surface area contributed by atoms with Gasteiger partial charge in [-0.15, -0.1) is 11.6 Å². The number of amides is 1. The zero-order valence-electron chi connectivity index (χ0n) is 10.3. The van der Waals surface area contributed by atoms with E-state index in [1.165, 1.54) is 19.3 Å². The number of carbonyl (C=O) groups excluding carboxylic acids is 1. The Kier molecular flexibility index (Phi) is 6.86. The summed E-state index contributed by atoms with van der Waals surface area (Å²) in [5, 5.41) is 3.10. The number of rotatable bonds is 7. The third-order valence-electron chi connectivity index (χ3n) is 3.51. The van der Waals surface area contributed by atoms with Crippen LogP contribution in [-0.4, -0.2) is 18.3 Å². The molecule has 1 rings (SSSR count). The Balaban J connectivity index is 2.21. The third kappa shape index (κ3) is 4.73. The summed E-state index contributed by atoms with van der Waals surface area (Å²) in [5.41, 5.74) is 0. The van der Waals surface area contributed by atoms with Crippen LogP contribution in [0.25, 0.3) is 0 Å². The lowest BCUT2D eigenvalue weighted by molar-refractivity contribution is -0.125. The monoisotopic (exact) mass is 245 g/mol. The van der Waals surface area contributed by atoms with Gasteiger partial charge >= 0.3 is 0 Å². The van der Waals surface area contributed by atoms with Crippen molar-refractivity contribution < 1.29 is 4.79 Å². The molecule has 1 aliphatic carbocycles. The minimum absolute atomic E-state index is 0.271. The molecule has 16 heavy (non-hydrogen) atoms. The third-order valence-corrected chi connectivity index (χ3v) is 3.72. The molecular formula is C13H24ClNO. The first-order valence-corrected chi connectivity index (χ1v) is 7.15. The second kappa shape index (κ2) is 7.94. The van der Waals surface area contributed by atoms with Gasteiger partial charge in [-0.25, -0.2) is 0 Å². The highest BCUT2D eigenvalue weighted by atomic mass is 35.5. The lowest BCUT2D eigenvalue weighted by Crippen LogP contribution is -2.33. The Hall–Kier alpha value is -0.240. The van der Waals surface area contributed by atoms with Gasteiger partial charge in [-0.1, -0.05) is 26.2 Å². The molecule has 0 radical (unpaired) electrons. The number of halogens is 1. The van der Waals surface area contributed by atoms with Gasteiger partial charge in [0.25, 0.3) is 0 Å². The average molecular weight is 246 g/mol. The summed E-state index contributed by atoms with van der Waals surface area (Å²) in [7, 11) is 0. The van der Waals surface area contributed by atoms with Crippen molar-refractivity contribution in [3.8, 4) is 0 Å². The molecule has 0 aromatic heterocycles. The molecule has 0 aromatic rings. The molecule has 0 heterocycles. The molecule has 0 aromatic carbocycles. The molecule has 0 spiro atoms. The van der Waals surface area contributed by atoms with E-state index in [1.807, 2.05) is 0 Å². The normalized spacial score (nSPS) is 18.6. The van der Waals surface area contributed by atoms with Gasteiger partial charge in [-0.2, -0.15) is 0 Å². The lowest BCUT2D eigenvalue weighted by Gasteiger charge is -2.17. The Labute approximate surface area is 104 Å². The SMILES string of the molecule is CCCC(CCCl)CNC(=O)C1CCCC1. The number of nitrogens with one attached hydrogen (secondary N) is 1. The average Bonchev–Trinajstić information content (AvgIpc) is 2.79. The maximum Gasteiger partial charge on any atom is 0.223 e. The van der Waals surface area contributed by atoms with Crippen LogP contribution in [0.5, 0.6) is 0 Å². The molecule has 0 bridgehead atoms. The van der Waals surface area contributed by atoms with E-state index < -0.39 is 0 Å². The molecule has 94 valence electrons. The first-order chi connectivity index (χ1) is 7.77. The van der Waals surface area contributed by atoms with Gasteiger partial charge in [-0.3, -0.25) is 4.79 Å². The van der Waals surface area contributed by atoms with Gasteiger partial charge in [0.1, 0.15) is 0 Å². The molecular weight excluding hydrogens is 222 g/mol. The van der Waals surface area contributed by atoms with Crippen LogP contribution in [0.1, 0.15) is 51.9 Å². The molecule has 1 fully saturated rings. The molecule has 3 heteroatoms. The van der Waals surface area contributed by atoms with E-state index in [0.717, 1.165) is 32.2 Å². The Bertz CT molecular complexity index is 196. The van der Waals surface area contributed by atoms with Crippen molar-refractivity contribution in [1.29, 1.82) is 0 Å². The second-order valence-electron chi connectivity index (χ2n) is 4.86. The molecule has 1 N–H and O–H groups in total. The van der Waals surface area contributed by atoms with E-state index in [1.54, 1.807) is 0 Å². The molecule has 1 aliphatic rings. The van der Waals surface area contributed by atoms with Crippen LogP contribution in [-0.2, 0) is 4.79 Å². The number of alkyl halides is 1. The van der Waals surface area contributed by atoms with Crippen LogP contribution in [0.3, 0.4) is 0 Å². The summed E-state index contributed by atoms with van der Waals surface area (Å²) < 4.78 is 0. The molecule has 1 saturated carbocycles. The van der Waals surface area contributed by atoms with Crippen molar-refractivity contribution in [2.24, 2.45) is 11.8 Å². The van der Waals surface area contributed by atoms with Crippen LogP contribution < -0.4 is 5.32 Å². The molecule has 2 nitrogen and oxygen atoms in total. The van der Waals surface area contributed by atoms with Crippen molar-refractivity contribution in [3.05, 3.63) is 0 Å². The summed E-state index contributed by atoms with van der Waals surface area (Å²) in [6.07, 6.45) is 7.95. The van der Waals surface area contributed by atoms with Gasteiger partial charge in [0, 0.05) is 18.3 Å². The van der Waals surface area contributed by atoms with Gasteiger partial charge in [0.05, 0.1) is 0 Å². The summed E-state index contributed by atoms with van der Waals surface area (Å²) in [5.74, 6) is 1.82. The standard InChI is InChI=1S/C13H24ClNO/c1-2-5-11(8-9-14)10-15-13(16)12-6-3-4-7-12/h11-12H,2-10H2,1H3,(H,15,16). The topological polar surface area (TPSA) is 29.1 Å². The maximum absolute atomic E-state index is 11.8. The van der Waals surface area contributed by atoms with Gasteiger partial charge < -0.3 is 5.32 Å². The van der Waals surface area contributed by atoms with Gasteiger partial charge in [-0.05, 0) is 31.6 Å². The highest BCUT2D eigenvalue weighted by molar-refractivity contribution is 6.17. The molecule has 1 amide bonds. The zero-order chi connectivity index (χ0) is 11.8. The van der Waals surface area contributed by atoms with Gasteiger partial charge in [0.15, 0.2) is 0 Å². The summed E-state index contributed by atoms with van der Waals surface area (Å²) >= 11 is 5.76. The Morgan fingerprint density at radius 2 is 2.06 bits per heavy atom. The summed E-state index contributed by atoms with van der Waals surface area (Å²) in [4.78, 5) is 11.8. The van der Waals surface area contributed by atoms with Crippen molar-refractivity contribution in [3.63, 3.8) is 0 Å². The van der Waals surface area contributed by atoms with Crippen LogP contribution in [0, 0.1) is 11.8 Å². The molecule has 1 atom stereocenters. The number of hydrogen-bond acceptors (Lipinski definition) is 1. The summed E-state index contributed by atoms with van der Waals surface area (Å²) in [6.45, 7) is 3.00. The molecule has 0 aliphatic heterocycles. The maximum atomic E-state index is 11.8.